The fourth-order valence-electron chi connectivity index (χ4n) is 2.32. The molecule has 2 rings (SSSR count). The molecule has 1 aromatic carbocycles. The summed E-state index contributed by atoms with van der Waals surface area (Å²) in [6.45, 7) is 4.14. The summed E-state index contributed by atoms with van der Waals surface area (Å²) in [6, 6.07) is 6.06. The topological polar surface area (TPSA) is 50.4 Å². The SMILES string of the molecule is CC(NC(=O)C(C)C1CNC1)c1ccc(OCC(F)(F)F)cc1.Cl. The average Bonchev–Trinajstić information content (AvgIpc) is 2.43. The van der Waals surface area contributed by atoms with Crippen molar-refractivity contribution in [2.24, 2.45) is 11.8 Å². The monoisotopic (exact) mass is 366 g/mol. The Morgan fingerprint density at radius 1 is 1.29 bits per heavy atom. The van der Waals surface area contributed by atoms with Crippen LogP contribution in [0.15, 0.2) is 24.3 Å². The van der Waals surface area contributed by atoms with E-state index in [1.54, 1.807) is 12.1 Å². The molecule has 4 nitrogen and oxygen atoms in total. The molecule has 1 heterocycles. The molecule has 1 fully saturated rings. The van der Waals surface area contributed by atoms with Gasteiger partial charge in [-0.3, -0.25) is 4.79 Å². The Labute approximate surface area is 145 Å². The fourth-order valence-corrected chi connectivity index (χ4v) is 2.32. The highest BCUT2D eigenvalue weighted by Crippen LogP contribution is 2.22. The molecule has 2 unspecified atom stereocenters. The van der Waals surface area contributed by atoms with E-state index < -0.39 is 12.8 Å². The zero-order valence-corrected chi connectivity index (χ0v) is 14.3. The van der Waals surface area contributed by atoms with Gasteiger partial charge in [0.25, 0.3) is 0 Å². The molecule has 0 spiro atoms. The van der Waals surface area contributed by atoms with E-state index in [4.69, 9.17) is 0 Å². The summed E-state index contributed by atoms with van der Waals surface area (Å²) in [7, 11) is 0. The Morgan fingerprint density at radius 3 is 2.33 bits per heavy atom. The molecule has 0 aromatic heterocycles. The second-order valence-electron chi connectivity index (χ2n) is 5.91. The Hall–Kier alpha value is -1.47. The first-order valence-electron chi connectivity index (χ1n) is 7.57. The first kappa shape index (κ1) is 20.6. The predicted molar refractivity (Wildman–Crippen MR) is 87.3 cm³/mol. The lowest BCUT2D eigenvalue weighted by Gasteiger charge is -2.32. The predicted octanol–water partition coefficient (Wildman–Crippen LogP) is 3.08. The smallest absolute Gasteiger partial charge is 0.422 e. The lowest BCUT2D eigenvalue weighted by atomic mass is 9.88. The third-order valence-corrected chi connectivity index (χ3v) is 4.08. The van der Waals surface area contributed by atoms with Crippen molar-refractivity contribution in [2.75, 3.05) is 19.7 Å². The van der Waals surface area contributed by atoms with E-state index >= 15 is 0 Å². The first-order chi connectivity index (χ1) is 10.8. The van der Waals surface area contributed by atoms with Crippen LogP contribution >= 0.6 is 12.4 Å². The third-order valence-electron chi connectivity index (χ3n) is 4.08. The van der Waals surface area contributed by atoms with Crippen LogP contribution in [0, 0.1) is 11.8 Å². The van der Waals surface area contributed by atoms with Crippen LogP contribution in [-0.2, 0) is 4.79 Å². The minimum atomic E-state index is -4.35. The molecule has 1 aliphatic rings. The molecular formula is C16H22ClF3N2O2. The minimum Gasteiger partial charge on any atom is -0.484 e. The van der Waals surface area contributed by atoms with Gasteiger partial charge >= 0.3 is 6.18 Å². The number of nitrogens with one attached hydrogen (secondary N) is 2. The van der Waals surface area contributed by atoms with E-state index in [0.717, 1.165) is 18.7 Å². The Balaban J connectivity index is 0.00000288. The number of ether oxygens (including phenoxy) is 1. The molecule has 0 saturated carbocycles. The molecule has 2 N–H and O–H groups in total. The van der Waals surface area contributed by atoms with Crippen LogP contribution in [0.4, 0.5) is 13.2 Å². The molecule has 0 bridgehead atoms. The highest BCUT2D eigenvalue weighted by molar-refractivity contribution is 5.85. The summed E-state index contributed by atoms with van der Waals surface area (Å²) in [5.41, 5.74) is 0.816. The van der Waals surface area contributed by atoms with Gasteiger partial charge in [-0.05, 0) is 43.6 Å². The van der Waals surface area contributed by atoms with Crippen LogP contribution in [-0.4, -0.2) is 31.8 Å². The van der Waals surface area contributed by atoms with Gasteiger partial charge < -0.3 is 15.4 Å². The van der Waals surface area contributed by atoms with Crippen molar-refractivity contribution in [2.45, 2.75) is 26.1 Å². The van der Waals surface area contributed by atoms with Crippen molar-refractivity contribution in [3.8, 4) is 5.75 Å². The van der Waals surface area contributed by atoms with Gasteiger partial charge in [-0.2, -0.15) is 13.2 Å². The number of alkyl halides is 3. The zero-order valence-electron chi connectivity index (χ0n) is 13.5. The molecule has 136 valence electrons. The molecule has 8 heteroatoms. The van der Waals surface area contributed by atoms with Gasteiger partial charge in [-0.25, -0.2) is 0 Å². The van der Waals surface area contributed by atoms with Gasteiger partial charge in [0.2, 0.25) is 5.91 Å². The van der Waals surface area contributed by atoms with Crippen LogP contribution in [0.3, 0.4) is 0 Å². The Bertz CT molecular complexity index is 533. The molecule has 1 aliphatic heterocycles. The fraction of sp³-hybridized carbons (Fsp3) is 0.562. The molecule has 1 amide bonds. The van der Waals surface area contributed by atoms with E-state index in [1.165, 1.54) is 12.1 Å². The molecule has 1 aromatic rings. The number of rotatable bonds is 6. The average molecular weight is 367 g/mol. The zero-order chi connectivity index (χ0) is 17.0. The minimum absolute atomic E-state index is 0. The quantitative estimate of drug-likeness (QED) is 0.813. The summed E-state index contributed by atoms with van der Waals surface area (Å²) < 4.78 is 40.9. The van der Waals surface area contributed by atoms with Gasteiger partial charge in [0, 0.05) is 5.92 Å². The van der Waals surface area contributed by atoms with Crippen molar-refractivity contribution in [1.29, 1.82) is 0 Å². The third kappa shape index (κ3) is 5.87. The normalized spacial score (nSPS) is 17.2. The van der Waals surface area contributed by atoms with Crippen LogP contribution in [0.2, 0.25) is 0 Å². The van der Waals surface area contributed by atoms with Gasteiger partial charge in [0.05, 0.1) is 6.04 Å². The summed E-state index contributed by atoms with van der Waals surface area (Å²) >= 11 is 0. The Kier molecular flexibility index (Phi) is 7.35. The number of amides is 1. The van der Waals surface area contributed by atoms with Crippen molar-refractivity contribution in [3.63, 3.8) is 0 Å². The summed E-state index contributed by atoms with van der Waals surface area (Å²) in [4.78, 5) is 12.2. The van der Waals surface area contributed by atoms with E-state index in [-0.39, 0.29) is 36.0 Å². The van der Waals surface area contributed by atoms with Crippen molar-refractivity contribution >= 4 is 18.3 Å². The molecular weight excluding hydrogens is 345 g/mol. The van der Waals surface area contributed by atoms with Crippen LogP contribution in [0.1, 0.15) is 25.5 Å². The number of hydrogen-bond donors (Lipinski definition) is 2. The van der Waals surface area contributed by atoms with E-state index in [2.05, 4.69) is 15.4 Å². The lowest BCUT2D eigenvalue weighted by Crippen LogP contribution is -2.49. The number of halogens is 4. The summed E-state index contributed by atoms with van der Waals surface area (Å²) in [6.07, 6.45) is -4.35. The standard InChI is InChI=1S/C16H21F3N2O2.ClH/c1-10(13-7-20-8-13)15(22)21-11(2)12-3-5-14(6-4-12)23-9-16(17,18)19;/h3-6,10-11,13,20H,7-9H2,1-2H3,(H,21,22);1H. The molecule has 24 heavy (non-hydrogen) atoms. The Morgan fingerprint density at radius 2 is 1.88 bits per heavy atom. The maximum atomic E-state index is 12.2. The van der Waals surface area contributed by atoms with E-state index in [1.807, 2.05) is 13.8 Å². The van der Waals surface area contributed by atoms with Crippen molar-refractivity contribution < 1.29 is 22.7 Å². The highest BCUT2D eigenvalue weighted by Gasteiger charge is 2.30. The van der Waals surface area contributed by atoms with Gasteiger partial charge in [0.15, 0.2) is 6.61 Å². The van der Waals surface area contributed by atoms with Gasteiger partial charge in [-0.15, -0.1) is 12.4 Å². The first-order valence-corrected chi connectivity index (χ1v) is 7.57. The molecule has 2 atom stereocenters. The summed E-state index contributed by atoms with van der Waals surface area (Å²) in [5.74, 6) is 0.438. The van der Waals surface area contributed by atoms with Crippen molar-refractivity contribution in [1.82, 2.24) is 10.6 Å². The molecule has 0 aliphatic carbocycles. The van der Waals surface area contributed by atoms with E-state index in [0.29, 0.717) is 5.92 Å². The van der Waals surface area contributed by atoms with Crippen LogP contribution in [0.25, 0.3) is 0 Å². The number of hydrogen-bond acceptors (Lipinski definition) is 3. The van der Waals surface area contributed by atoms with E-state index in [9.17, 15) is 18.0 Å². The maximum Gasteiger partial charge on any atom is 0.422 e. The molecule has 1 saturated heterocycles. The number of benzene rings is 1. The number of carbonyl (C=O) groups is 1. The lowest BCUT2D eigenvalue weighted by molar-refractivity contribution is -0.153. The van der Waals surface area contributed by atoms with Gasteiger partial charge in [0.1, 0.15) is 5.75 Å². The second-order valence-corrected chi connectivity index (χ2v) is 5.91. The van der Waals surface area contributed by atoms with Crippen LogP contribution in [0.5, 0.6) is 5.75 Å². The highest BCUT2D eigenvalue weighted by atomic mass is 35.5. The maximum absolute atomic E-state index is 12.2. The van der Waals surface area contributed by atoms with Gasteiger partial charge in [-0.1, -0.05) is 19.1 Å². The van der Waals surface area contributed by atoms with Crippen LogP contribution < -0.4 is 15.4 Å². The second kappa shape index (κ2) is 8.58. The number of carbonyl (C=O) groups excluding carboxylic acids is 1. The molecule has 0 radical (unpaired) electrons. The van der Waals surface area contributed by atoms with Crippen molar-refractivity contribution in [3.05, 3.63) is 29.8 Å². The summed E-state index contributed by atoms with van der Waals surface area (Å²) in [5, 5.41) is 6.07. The largest absolute Gasteiger partial charge is 0.484 e.